The first-order valence-electron chi connectivity index (χ1n) is 12.0. The molecule has 4 aliphatic rings. The second-order valence-electron chi connectivity index (χ2n) is 11.4. The maximum absolute atomic E-state index is 11.6. The Labute approximate surface area is 194 Å². The van der Waals surface area contributed by atoms with E-state index in [0.29, 0.717) is 25.7 Å². The van der Waals surface area contributed by atoms with Gasteiger partial charge in [0.05, 0.1) is 24.6 Å². The van der Waals surface area contributed by atoms with Gasteiger partial charge in [-0.2, -0.15) is 8.42 Å². The standard InChI is InChI=1S/C24H34O8S/c1-23-8-7-15(32-33(28,29)30)9-14(23)4-5-16-18(23)11-20(26)24(2)17(10-19(25)22(16)24)13-3-6-21(27)31-12-13/h3,6,12,14-20,22,25-26H,4-5,7-11H2,1-2H3,(H,28,29,30)/t14-,15+,16-,17-,18+,19-,20-,22-,23+,24+/m1/s1. The molecule has 0 aromatic carbocycles. The third-order valence-corrected chi connectivity index (χ3v) is 10.6. The normalized spacial score (nSPS) is 47.4. The van der Waals surface area contributed by atoms with E-state index in [1.165, 1.54) is 12.3 Å². The van der Waals surface area contributed by atoms with Gasteiger partial charge in [0.15, 0.2) is 0 Å². The third kappa shape index (κ3) is 3.71. The fraction of sp³-hybridized carbons (Fsp3) is 0.792. The minimum Gasteiger partial charge on any atom is -0.431 e. The van der Waals surface area contributed by atoms with Gasteiger partial charge in [-0.15, -0.1) is 0 Å². The molecule has 0 radical (unpaired) electrons. The summed E-state index contributed by atoms with van der Waals surface area (Å²) in [6.45, 7) is 4.33. The predicted molar refractivity (Wildman–Crippen MR) is 119 cm³/mol. The Morgan fingerprint density at radius 3 is 2.52 bits per heavy atom. The molecule has 4 fully saturated rings. The molecule has 8 nitrogen and oxygen atoms in total. The average molecular weight is 483 g/mol. The molecule has 1 aromatic rings. The maximum atomic E-state index is 11.6. The summed E-state index contributed by atoms with van der Waals surface area (Å²) in [7, 11) is -4.48. The summed E-state index contributed by atoms with van der Waals surface area (Å²) in [5.41, 5.74) is -0.168. The van der Waals surface area contributed by atoms with E-state index in [2.05, 4.69) is 13.8 Å². The van der Waals surface area contributed by atoms with Gasteiger partial charge in [0.2, 0.25) is 0 Å². The second-order valence-corrected chi connectivity index (χ2v) is 12.4. The Kier molecular flexibility index (Phi) is 5.61. The second kappa shape index (κ2) is 7.88. The zero-order valence-corrected chi connectivity index (χ0v) is 19.9. The molecule has 4 aliphatic carbocycles. The molecule has 10 atom stereocenters. The topological polar surface area (TPSA) is 134 Å². The molecule has 184 valence electrons. The van der Waals surface area contributed by atoms with Crippen LogP contribution in [0, 0.1) is 34.5 Å². The first kappa shape index (κ1) is 23.5. The van der Waals surface area contributed by atoms with Crippen molar-refractivity contribution in [2.75, 3.05) is 0 Å². The summed E-state index contributed by atoms with van der Waals surface area (Å²) in [5, 5.41) is 22.8. The van der Waals surface area contributed by atoms with E-state index in [0.717, 1.165) is 24.8 Å². The predicted octanol–water partition coefficient (Wildman–Crippen LogP) is 2.90. The molecule has 4 saturated carbocycles. The lowest BCUT2D eigenvalue weighted by Gasteiger charge is -2.62. The van der Waals surface area contributed by atoms with Crippen LogP contribution in [0.1, 0.15) is 70.3 Å². The highest BCUT2D eigenvalue weighted by Gasteiger charge is 2.66. The first-order valence-corrected chi connectivity index (χ1v) is 13.4. The summed E-state index contributed by atoms with van der Waals surface area (Å²) in [5.74, 6) is 0.566. The SMILES string of the molecule is C[C@]12CC[C@H](OS(=O)(=O)O)C[C@H]1CC[C@H]1[C@@H]3[C@H](O)C[C@H](c4ccc(=O)oc4)[C@@]3(C)[C@H](O)C[C@@H]12. The largest absolute Gasteiger partial charge is 0.431 e. The van der Waals surface area contributed by atoms with Crippen LogP contribution in [0.2, 0.25) is 0 Å². The van der Waals surface area contributed by atoms with Crippen LogP contribution in [0.4, 0.5) is 0 Å². The van der Waals surface area contributed by atoms with Crippen molar-refractivity contribution in [2.45, 2.75) is 83.0 Å². The molecule has 0 aliphatic heterocycles. The van der Waals surface area contributed by atoms with E-state index in [1.54, 1.807) is 6.07 Å². The molecule has 33 heavy (non-hydrogen) atoms. The molecule has 9 heteroatoms. The molecule has 0 spiro atoms. The van der Waals surface area contributed by atoms with E-state index >= 15 is 0 Å². The van der Waals surface area contributed by atoms with Crippen molar-refractivity contribution in [2.24, 2.45) is 34.5 Å². The van der Waals surface area contributed by atoms with Gasteiger partial charge in [-0.1, -0.05) is 13.8 Å². The lowest BCUT2D eigenvalue weighted by Crippen LogP contribution is -2.59. The molecule has 0 amide bonds. The Bertz CT molecular complexity index is 1050. The molecule has 1 heterocycles. The van der Waals surface area contributed by atoms with Crippen molar-refractivity contribution in [1.29, 1.82) is 0 Å². The van der Waals surface area contributed by atoms with E-state index in [1.807, 2.05) is 0 Å². The van der Waals surface area contributed by atoms with Crippen molar-refractivity contribution < 1.29 is 31.8 Å². The van der Waals surface area contributed by atoms with Gasteiger partial charge >= 0.3 is 16.0 Å². The summed E-state index contributed by atoms with van der Waals surface area (Å²) in [4.78, 5) is 11.5. The Morgan fingerprint density at radius 2 is 1.85 bits per heavy atom. The van der Waals surface area contributed by atoms with Crippen LogP contribution in [0.3, 0.4) is 0 Å². The van der Waals surface area contributed by atoms with Crippen molar-refractivity contribution in [1.82, 2.24) is 0 Å². The van der Waals surface area contributed by atoms with E-state index in [4.69, 9.17) is 13.2 Å². The van der Waals surface area contributed by atoms with Crippen molar-refractivity contribution in [3.63, 3.8) is 0 Å². The van der Waals surface area contributed by atoms with E-state index in [9.17, 15) is 23.4 Å². The number of aliphatic hydroxyl groups is 2. The van der Waals surface area contributed by atoms with Gasteiger partial charge in [0.25, 0.3) is 0 Å². The van der Waals surface area contributed by atoms with Gasteiger partial charge < -0.3 is 14.6 Å². The number of fused-ring (bicyclic) bond motifs is 5. The quantitative estimate of drug-likeness (QED) is 0.560. The number of hydrogen-bond acceptors (Lipinski definition) is 7. The van der Waals surface area contributed by atoms with Gasteiger partial charge in [0.1, 0.15) is 0 Å². The zero-order valence-electron chi connectivity index (χ0n) is 19.1. The van der Waals surface area contributed by atoms with Crippen LogP contribution in [0.5, 0.6) is 0 Å². The zero-order chi connectivity index (χ0) is 23.8. The lowest BCUT2D eigenvalue weighted by molar-refractivity contribution is -0.176. The van der Waals surface area contributed by atoms with Crippen LogP contribution in [-0.2, 0) is 14.6 Å². The van der Waals surface area contributed by atoms with Crippen LogP contribution in [0.25, 0.3) is 0 Å². The Balaban J connectivity index is 1.43. The van der Waals surface area contributed by atoms with Crippen molar-refractivity contribution in [3.05, 3.63) is 34.4 Å². The first-order chi connectivity index (χ1) is 15.4. The highest BCUT2D eigenvalue weighted by atomic mass is 32.3. The fourth-order valence-corrected chi connectivity index (χ4v) is 9.10. The van der Waals surface area contributed by atoms with Gasteiger partial charge in [-0.25, -0.2) is 8.98 Å². The number of hydrogen-bond donors (Lipinski definition) is 3. The highest BCUT2D eigenvalue weighted by molar-refractivity contribution is 7.80. The average Bonchev–Trinajstić information content (AvgIpc) is 3.01. The molecule has 3 N–H and O–H groups in total. The van der Waals surface area contributed by atoms with Crippen LogP contribution in [0.15, 0.2) is 27.6 Å². The van der Waals surface area contributed by atoms with Gasteiger partial charge in [0, 0.05) is 11.5 Å². The fourth-order valence-electron chi connectivity index (χ4n) is 8.58. The van der Waals surface area contributed by atoms with Crippen molar-refractivity contribution in [3.8, 4) is 0 Å². The summed E-state index contributed by atoms with van der Waals surface area (Å²) in [6.07, 6.45) is 4.66. The molecule has 1 aromatic heterocycles. The molecule has 0 saturated heterocycles. The van der Waals surface area contributed by atoms with Crippen LogP contribution >= 0.6 is 0 Å². The smallest absolute Gasteiger partial charge is 0.397 e. The Hall–Kier alpha value is -1.26. The summed E-state index contributed by atoms with van der Waals surface area (Å²) < 4.78 is 41.6. The number of aliphatic hydroxyl groups excluding tert-OH is 2. The summed E-state index contributed by atoms with van der Waals surface area (Å²) >= 11 is 0. The van der Waals surface area contributed by atoms with Crippen LogP contribution in [-0.4, -0.2) is 41.5 Å². The minimum absolute atomic E-state index is 0.0623. The minimum atomic E-state index is -4.48. The van der Waals surface area contributed by atoms with Crippen LogP contribution < -0.4 is 5.63 Å². The molecular formula is C24H34O8S. The van der Waals surface area contributed by atoms with E-state index < -0.39 is 39.8 Å². The van der Waals surface area contributed by atoms with E-state index in [-0.39, 0.29) is 35.0 Å². The lowest BCUT2D eigenvalue weighted by atomic mass is 9.43. The third-order valence-electron chi connectivity index (χ3n) is 10.1. The monoisotopic (exact) mass is 482 g/mol. The summed E-state index contributed by atoms with van der Waals surface area (Å²) in [6, 6.07) is 3.15. The number of rotatable bonds is 3. The molecular weight excluding hydrogens is 448 g/mol. The molecule has 0 unspecified atom stereocenters. The maximum Gasteiger partial charge on any atom is 0.397 e. The van der Waals surface area contributed by atoms with Gasteiger partial charge in [-0.05, 0) is 91.6 Å². The Morgan fingerprint density at radius 1 is 1.09 bits per heavy atom. The van der Waals surface area contributed by atoms with Gasteiger partial charge in [-0.3, -0.25) is 4.55 Å². The van der Waals surface area contributed by atoms with Crippen molar-refractivity contribution >= 4 is 10.4 Å². The molecule has 5 rings (SSSR count). The highest BCUT2D eigenvalue weighted by Crippen LogP contribution is 2.69. The molecule has 0 bridgehead atoms.